The van der Waals surface area contributed by atoms with Gasteiger partial charge in [0.15, 0.2) is 0 Å². The van der Waals surface area contributed by atoms with E-state index < -0.39 is 0 Å². The van der Waals surface area contributed by atoms with E-state index in [2.05, 4.69) is 6.92 Å². The highest BCUT2D eigenvalue weighted by Gasteiger charge is 2.37. The van der Waals surface area contributed by atoms with Gasteiger partial charge < -0.3 is 4.74 Å². The Morgan fingerprint density at radius 2 is 1.95 bits per heavy atom. The van der Waals surface area contributed by atoms with E-state index in [1.807, 2.05) is 70.4 Å². The number of aromatic nitrogens is 2. The third-order valence-corrected chi connectivity index (χ3v) is 8.40. The Kier molecular flexibility index (Phi) is 8.33. The zero-order valence-corrected chi connectivity index (χ0v) is 23.2. The lowest BCUT2D eigenvalue weighted by Gasteiger charge is -2.29. The molecular weight excluding hydrogens is 522 g/mol. The summed E-state index contributed by atoms with van der Waals surface area (Å²) in [5, 5.41) is 5.44. The van der Waals surface area contributed by atoms with Gasteiger partial charge in [0.05, 0.1) is 22.2 Å². The Morgan fingerprint density at radius 1 is 1.16 bits per heavy atom. The highest BCUT2D eigenvalue weighted by molar-refractivity contribution is 8.26. The predicted molar refractivity (Wildman–Crippen MR) is 156 cm³/mol. The molecule has 1 amide bonds. The second-order valence-electron chi connectivity index (χ2n) is 9.40. The molecule has 5 rings (SSSR count). The van der Waals surface area contributed by atoms with Crippen LogP contribution in [0.3, 0.4) is 0 Å². The second-order valence-corrected chi connectivity index (χ2v) is 11.5. The Balaban J connectivity index is 1.50. The number of halogens is 1. The molecule has 1 aliphatic heterocycles. The molecule has 2 aromatic carbocycles. The second kappa shape index (κ2) is 11.8. The summed E-state index contributed by atoms with van der Waals surface area (Å²) in [6.45, 7) is 2.76. The summed E-state index contributed by atoms with van der Waals surface area (Å²) < 4.78 is 8.32. The van der Waals surface area contributed by atoms with Crippen LogP contribution in [0, 0.1) is 0 Å². The monoisotopic (exact) mass is 551 g/mol. The van der Waals surface area contributed by atoms with Gasteiger partial charge in [-0.25, -0.2) is 4.68 Å². The van der Waals surface area contributed by atoms with Crippen LogP contribution in [-0.2, 0) is 4.79 Å². The van der Waals surface area contributed by atoms with E-state index in [1.54, 1.807) is 0 Å². The number of hydrogen-bond donors (Lipinski definition) is 0. The highest BCUT2D eigenvalue weighted by Crippen LogP contribution is 2.39. The van der Waals surface area contributed by atoms with Crippen LogP contribution in [0.15, 0.2) is 59.6 Å². The number of thiocarbonyl (C=S) groups is 1. The molecule has 3 aromatic rings. The number of unbranched alkanes of at least 4 members (excludes halogenated alkanes) is 1. The van der Waals surface area contributed by atoms with Gasteiger partial charge in [-0.3, -0.25) is 9.69 Å². The zero-order chi connectivity index (χ0) is 25.8. The average molecular weight is 552 g/mol. The van der Waals surface area contributed by atoms with E-state index in [-0.39, 0.29) is 11.9 Å². The minimum atomic E-state index is -0.00184. The summed E-state index contributed by atoms with van der Waals surface area (Å²) in [5.41, 5.74) is 3.37. The summed E-state index contributed by atoms with van der Waals surface area (Å²) in [5.74, 6) is 0.661. The molecule has 0 spiro atoms. The molecule has 1 aliphatic carbocycles. The van der Waals surface area contributed by atoms with Gasteiger partial charge in [-0.2, -0.15) is 5.10 Å². The summed E-state index contributed by atoms with van der Waals surface area (Å²) in [4.78, 5) is 15.9. The normalized spacial score (nSPS) is 17.7. The SMILES string of the molecule is CCCCOc1ccc(-c2nn(-c3ccccc3)cc2C=C2SC(=S)N(C3CCCCC3)C2=O)cc1Cl. The summed E-state index contributed by atoms with van der Waals surface area (Å²) >= 11 is 13.6. The van der Waals surface area contributed by atoms with Crippen LogP contribution in [0.1, 0.15) is 57.4 Å². The number of benzene rings is 2. The maximum absolute atomic E-state index is 13.5. The first-order chi connectivity index (χ1) is 18.0. The lowest BCUT2D eigenvalue weighted by Crippen LogP contribution is -2.39. The van der Waals surface area contributed by atoms with Crippen LogP contribution in [0.25, 0.3) is 23.0 Å². The molecule has 2 heterocycles. The first-order valence-corrected chi connectivity index (χ1v) is 14.5. The van der Waals surface area contributed by atoms with Gasteiger partial charge in [-0.05, 0) is 55.7 Å². The van der Waals surface area contributed by atoms with E-state index in [1.165, 1.54) is 18.2 Å². The molecule has 8 heteroatoms. The number of amides is 1. The summed E-state index contributed by atoms with van der Waals surface area (Å²) in [7, 11) is 0. The molecule has 1 saturated heterocycles. The lowest BCUT2D eigenvalue weighted by atomic mass is 9.94. The molecule has 0 bridgehead atoms. The maximum atomic E-state index is 13.5. The number of hydrogen-bond acceptors (Lipinski definition) is 5. The van der Waals surface area contributed by atoms with E-state index >= 15 is 0 Å². The fourth-order valence-corrected chi connectivity index (χ4v) is 6.42. The topological polar surface area (TPSA) is 47.4 Å². The molecule has 2 fully saturated rings. The summed E-state index contributed by atoms with van der Waals surface area (Å²) in [6.07, 6.45) is 11.5. The van der Waals surface area contributed by atoms with Crippen molar-refractivity contribution >= 4 is 51.9 Å². The van der Waals surface area contributed by atoms with Gasteiger partial charge in [0.2, 0.25) is 0 Å². The maximum Gasteiger partial charge on any atom is 0.266 e. The fraction of sp³-hybridized carbons (Fsp3) is 0.345. The number of nitrogens with zero attached hydrogens (tertiary/aromatic N) is 3. The van der Waals surface area contributed by atoms with Crippen molar-refractivity contribution in [3.63, 3.8) is 0 Å². The first kappa shape index (κ1) is 26.0. The average Bonchev–Trinajstić information content (AvgIpc) is 3.46. The standard InChI is InChI=1S/C29H30ClN3O2S2/c1-2-3-16-35-25-15-14-20(17-24(25)30)27-21(19-32(31-27)22-10-6-4-7-11-22)18-26-28(34)33(29(36)37-26)23-12-8-5-9-13-23/h4,6-7,10-11,14-15,17-19,23H,2-3,5,8-9,12-13,16H2,1H3. The van der Waals surface area contributed by atoms with Crippen molar-refractivity contribution in [2.45, 2.75) is 57.9 Å². The molecular formula is C29H30ClN3O2S2. The van der Waals surface area contributed by atoms with Gasteiger partial charge in [0.1, 0.15) is 15.8 Å². The van der Waals surface area contributed by atoms with E-state index in [0.29, 0.717) is 26.6 Å². The minimum absolute atomic E-state index is 0.00184. The zero-order valence-electron chi connectivity index (χ0n) is 20.9. The van der Waals surface area contributed by atoms with Crippen molar-refractivity contribution < 1.29 is 9.53 Å². The van der Waals surface area contributed by atoms with Crippen LogP contribution >= 0.6 is 35.6 Å². The van der Waals surface area contributed by atoms with Crippen molar-refractivity contribution in [3.05, 3.63) is 70.2 Å². The Hall–Kier alpha value is -2.61. The van der Waals surface area contributed by atoms with Crippen LogP contribution in [-0.4, -0.2) is 37.6 Å². The van der Waals surface area contributed by atoms with Crippen molar-refractivity contribution in [2.24, 2.45) is 0 Å². The Bertz CT molecular complexity index is 1320. The molecule has 0 N–H and O–H groups in total. The highest BCUT2D eigenvalue weighted by atomic mass is 35.5. The van der Waals surface area contributed by atoms with Crippen LogP contribution in [0.2, 0.25) is 5.02 Å². The smallest absolute Gasteiger partial charge is 0.266 e. The molecule has 1 aromatic heterocycles. The van der Waals surface area contributed by atoms with Crippen molar-refractivity contribution in [3.8, 4) is 22.7 Å². The number of carbonyl (C=O) groups excluding carboxylic acids is 1. The number of rotatable bonds is 8. The fourth-order valence-electron chi connectivity index (χ4n) is 4.80. The van der Waals surface area contributed by atoms with E-state index in [9.17, 15) is 4.79 Å². The van der Waals surface area contributed by atoms with Crippen molar-refractivity contribution in [2.75, 3.05) is 6.61 Å². The molecule has 0 radical (unpaired) electrons. The minimum Gasteiger partial charge on any atom is -0.492 e. The molecule has 5 nitrogen and oxygen atoms in total. The number of carbonyl (C=O) groups is 1. The summed E-state index contributed by atoms with van der Waals surface area (Å²) in [6, 6.07) is 15.9. The third kappa shape index (κ3) is 5.79. The quantitative estimate of drug-likeness (QED) is 0.162. The number of ether oxygens (including phenoxy) is 1. The van der Waals surface area contributed by atoms with Gasteiger partial charge >= 0.3 is 0 Å². The third-order valence-electron chi connectivity index (χ3n) is 6.77. The first-order valence-electron chi connectivity index (χ1n) is 12.9. The Morgan fingerprint density at radius 3 is 2.68 bits per heavy atom. The molecule has 37 heavy (non-hydrogen) atoms. The molecule has 2 aliphatic rings. The van der Waals surface area contributed by atoms with E-state index in [4.69, 9.17) is 33.7 Å². The largest absolute Gasteiger partial charge is 0.492 e. The van der Waals surface area contributed by atoms with Gasteiger partial charge in [0, 0.05) is 23.4 Å². The van der Waals surface area contributed by atoms with Crippen molar-refractivity contribution in [1.29, 1.82) is 0 Å². The van der Waals surface area contributed by atoms with E-state index in [0.717, 1.165) is 61.0 Å². The van der Waals surface area contributed by atoms with Gasteiger partial charge in [-0.15, -0.1) is 0 Å². The van der Waals surface area contributed by atoms with Crippen molar-refractivity contribution in [1.82, 2.24) is 14.7 Å². The van der Waals surface area contributed by atoms with Gasteiger partial charge in [0.25, 0.3) is 5.91 Å². The van der Waals surface area contributed by atoms with Gasteiger partial charge in [-0.1, -0.05) is 86.4 Å². The molecule has 0 unspecified atom stereocenters. The number of para-hydroxylation sites is 1. The van der Waals surface area contributed by atoms with Crippen LogP contribution in [0.5, 0.6) is 5.75 Å². The molecule has 0 atom stereocenters. The Labute approximate surface area is 232 Å². The van der Waals surface area contributed by atoms with Crippen LogP contribution in [0.4, 0.5) is 0 Å². The molecule has 192 valence electrons. The molecule has 1 saturated carbocycles. The van der Waals surface area contributed by atoms with Crippen LogP contribution < -0.4 is 4.74 Å². The number of thioether (sulfide) groups is 1. The lowest BCUT2D eigenvalue weighted by molar-refractivity contribution is -0.124. The predicted octanol–water partition coefficient (Wildman–Crippen LogP) is 7.91.